The van der Waals surface area contributed by atoms with E-state index in [1.54, 1.807) is 12.1 Å². The molecule has 0 aromatic heterocycles. The van der Waals surface area contributed by atoms with E-state index < -0.39 is 37.8 Å². The van der Waals surface area contributed by atoms with Crippen molar-refractivity contribution in [3.05, 3.63) is 101 Å². The Kier molecular flexibility index (Phi) is 6.46. The zero-order valence-corrected chi connectivity index (χ0v) is 18.8. The van der Waals surface area contributed by atoms with E-state index in [2.05, 4.69) is 9.50 Å². The highest BCUT2D eigenvalue weighted by atomic mass is 35.5. The molecule has 0 spiro atoms. The van der Waals surface area contributed by atoms with Gasteiger partial charge in [-0.05, 0) is 59.1 Å². The second-order valence-electron chi connectivity index (χ2n) is 7.40. The molecule has 1 unspecified atom stereocenters. The molecule has 1 atom stereocenters. The molecule has 1 aliphatic heterocycles. The third-order valence-corrected chi connectivity index (χ3v) is 6.80. The van der Waals surface area contributed by atoms with Gasteiger partial charge in [0, 0.05) is 5.92 Å². The van der Waals surface area contributed by atoms with E-state index in [1.807, 2.05) is 30.3 Å². The summed E-state index contributed by atoms with van der Waals surface area (Å²) >= 11 is 6.21. The van der Waals surface area contributed by atoms with E-state index in [0.717, 1.165) is 17.7 Å². The summed E-state index contributed by atoms with van der Waals surface area (Å²) in [6.45, 7) is 0.154. The summed E-state index contributed by atoms with van der Waals surface area (Å²) in [7, 11) is -4.40. The molecule has 3 aromatic carbocycles. The Morgan fingerprint density at radius 2 is 1.59 bits per heavy atom. The monoisotopic (exact) mass is 509 g/mol. The Bertz CT molecular complexity index is 1340. The molecule has 0 bridgehead atoms. The van der Waals surface area contributed by atoms with E-state index in [4.69, 9.17) is 11.6 Å². The van der Waals surface area contributed by atoms with Crippen molar-refractivity contribution in [3.8, 4) is 0 Å². The molecule has 5 nitrogen and oxygen atoms in total. The van der Waals surface area contributed by atoms with Gasteiger partial charge in [0.25, 0.3) is 10.0 Å². The summed E-state index contributed by atoms with van der Waals surface area (Å²) < 4.78 is 80.5. The maximum atomic E-state index is 13.4. The first-order valence-corrected chi connectivity index (χ1v) is 11.7. The third kappa shape index (κ3) is 5.13. The van der Waals surface area contributed by atoms with Crippen molar-refractivity contribution < 1.29 is 26.0 Å². The predicted molar refractivity (Wildman–Crippen MR) is 121 cm³/mol. The summed E-state index contributed by atoms with van der Waals surface area (Å²) in [5, 5.41) is 5.14. The SMILES string of the molecule is O=S(=O)(/N=C(\Cl)N1CC(c2ccccc2)C(c2ccc(F)cc2)=N1)c1ccc(C(F)(F)F)cc1. The Morgan fingerprint density at radius 1 is 0.971 bits per heavy atom. The van der Waals surface area contributed by atoms with Crippen molar-refractivity contribution in [3.63, 3.8) is 0 Å². The molecule has 0 N–H and O–H groups in total. The number of hydrazone groups is 1. The second kappa shape index (κ2) is 9.19. The maximum Gasteiger partial charge on any atom is 0.416 e. The van der Waals surface area contributed by atoms with Crippen molar-refractivity contribution in [1.82, 2.24) is 5.01 Å². The zero-order chi connectivity index (χ0) is 24.5. The van der Waals surface area contributed by atoms with Gasteiger partial charge in [-0.15, -0.1) is 4.40 Å². The van der Waals surface area contributed by atoms with Gasteiger partial charge in [-0.25, -0.2) is 9.40 Å². The lowest BCUT2D eigenvalue weighted by molar-refractivity contribution is -0.137. The van der Waals surface area contributed by atoms with Gasteiger partial charge in [0.1, 0.15) is 5.82 Å². The van der Waals surface area contributed by atoms with Gasteiger partial charge in [-0.2, -0.15) is 26.7 Å². The standard InChI is InChI=1S/C23H16ClF4N3O2S/c24-22(30-34(32,33)19-12-8-17(9-13-19)23(26,27)28)31-14-20(15-4-2-1-3-5-15)21(29-31)16-6-10-18(25)11-7-16/h1-13,20H,14H2/b30-22+. The van der Waals surface area contributed by atoms with Crippen molar-refractivity contribution in [2.75, 3.05) is 6.54 Å². The Balaban J connectivity index is 1.66. The van der Waals surface area contributed by atoms with Gasteiger partial charge in [0.05, 0.1) is 22.7 Å². The van der Waals surface area contributed by atoms with E-state index >= 15 is 0 Å². The van der Waals surface area contributed by atoms with Crippen LogP contribution in [0.25, 0.3) is 0 Å². The van der Waals surface area contributed by atoms with Crippen LogP contribution in [0.4, 0.5) is 17.6 Å². The van der Waals surface area contributed by atoms with Gasteiger partial charge in [0.15, 0.2) is 0 Å². The molecule has 3 aromatic rings. The highest BCUT2D eigenvalue weighted by Crippen LogP contribution is 2.31. The van der Waals surface area contributed by atoms with Crippen LogP contribution in [0.1, 0.15) is 22.6 Å². The number of hydrogen-bond acceptors (Lipinski definition) is 3. The molecule has 11 heteroatoms. The van der Waals surface area contributed by atoms with Gasteiger partial charge in [0.2, 0.25) is 5.29 Å². The lowest BCUT2D eigenvalue weighted by atomic mass is 9.91. The fraction of sp³-hybridized carbons (Fsp3) is 0.130. The molecular weight excluding hydrogens is 494 g/mol. The number of alkyl halides is 3. The summed E-state index contributed by atoms with van der Waals surface area (Å²) in [6.07, 6.45) is -4.60. The summed E-state index contributed by atoms with van der Waals surface area (Å²) in [4.78, 5) is -0.444. The molecule has 0 fully saturated rings. The number of sulfonamides is 1. The molecule has 1 aliphatic rings. The number of halogens is 5. The van der Waals surface area contributed by atoms with E-state index in [-0.39, 0.29) is 12.5 Å². The van der Waals surface area contributed by atoms with Gasteiger partial charge < -0.3 is 0 Å². The Morgan fingerprint density at radius 3 is 2.18 bits per heavy atom. The Labute approximate surface area is 198 Å². The van der Waals surface area contributed by atoms with Gasteiger partial charge >= 0.3 is 6.18 Å². The predicted octanol–water partition coefficient (Wildman–Crippen LogP) is 5.63. The van der Waals surface area contributed by atoms with Crippen LogP contribution in [0.3, 0.4) is 0 Å². The van der Waals surface area contributed by atoms with Crippen LogP contribution in [0.5, 0.6) is 0 Å². The van der Waals surface area contributed by atoms with Crippen LogP contribution in [0.2, 0.25) is 0 Å². The molecular formula is C23H16ClF4N3O2S. The smallest absolute Gasteiger partial charge is 0.236 e. The van der Waals surface area contributed by atoms with Crippen LogP contribution in [0, 0.1) is 5.82 Å². The first kappa shape index (κ1) is 23.9. The first-order chi connectivity index (χ1) is 16.0. The van der Waals surface area contributed by atoms with Crippen LogP contribution in [-0.4, -0.2) is 31.0 Å². The van der Waals surface area contributed by atoms with E-state index in [1.165, 1.54) is 17.1 Å². The summed E-state index contributed by atoms with van der Waals surface area (Å²) in [5.41, 5.74) is 1.04. The normalized spacial score (nSPS) is 17.1. The minimum absolute atomic E-state index is 0.154. The van der Waals surface area contributed by atoms with Crippen molar-refractivity contribution >= 4 is 32.6 Å². The topological polar surface area (TPSA) is 62.1 Å². The lowest BCUT2D eigenvalue weighted by Crippen LogP contribution is -2.23. The van der Waals surface area contributed by atoms with Crippen molar-refractivity contribution in [2.24, 2.45) is 9.50 Å². The fourth-order valence-electron chi connectivity index (χ4n) is 3.46. The fourth-order valence-corrected chi connectivity index (χ4v) is 4.72. The number of rotatable bonds is 4. The van der Waals surface area contributed by atoms with Crippen molar-refractivity contribution in [2.45, 2.75) is 17.0 Å². The third-order valence-electron chi connectivity index (χ3n) is 5.14. The Hall–Kier alpha value is -3.24. The molecule has 0 aliphatic carbocycles. The van der Waals surface area contributed by atoms with E-state index in [0.29, 0.717) is 23.4 Å². The van der Waals surface area contributed by atoms with Gasteiger partial charge in [-0.3, -0.25) is 0 Å². The number of nitrogens with zero attached hydrogens (tertiary/aromatic N) is 3. The molecule has 1 heterocycles. The van der Waals surface area contributed by atoms with Gasteiger partial charge in [-0.1, -0.05) is 42.5 Å². The number of hydrogen-bond donors (Lipinski definition) is 0. The number of benzene rings is 3. The van der Waals surface area contributed by atoms with Crippen LogP contribution >= 0.6 is 11.6 Å². The first-order valence-electron chi connectivity index (χ1n) is 9.89. The summed E-state index contributed by atoms with van der Waals surface area (Å²) in [6, 6.07) is 17.9. The zero-order valence-electron chi connectivity index (χ0n) is 17.2. The molecule has 0 saturated carbocycles. The maximum absolute atomic E-state index is 13.4. The molecule has 0 saturated heterocycles. The average molecular weight is 510 g/mol. The molecule has 0 amide bonds. The molecule has 34 heavy (non-hydrogen) atoms. The summed E-state index contributed by atoms with van der Waals surface area (Å²) in [5.74, 6) is -0.734. The average Bonchev–Trinajstić information content (AvgIpc) is 3.25. The van der Waals surface area contributed by atoms with Crippen LogP contribution < -0.4 is 0 Å². The molecule has 4 rings (SSSR count). The second-order valence-corrected chi connectivity index (χ2v) is 9.34. The minimum atomic E-state index is -4.60. The molecule has 176 valence electrons. The molecule has 0 radical (unpaired) electrons. The quantitative estimate of drug-likeness (QED) is 0.198. The highest BCUT2D eigenvalue weighted by Gasteiger charge is 2.33. The van der Waals surface area contributed by atoms with Crippen molar-refractivity contribution in [1.29, 1.82) is 0 Å². The minimum Gasteiger partial charge on any atom is -0.236 e. The largest absolute Gasteiger partial charge is 0.416 e. The number of amidine groups is 1. The van der Waals surface area contributed by atoms with E-state index in [9.17, 15) is 26.0 Å². The van der Waals surface area contributed by atoms with Crippen LogP contribution in [0.15, 0.2) is 93.3 Å². The van der Waals surface area contributed by atoms with Crippen LogP contribution in [-0.2, 0) is 16.2 Å². The highest BCUT2D eigenvalue weighted by molar-refractivity contribution is 7.90. The lowest BCUT2D eigenvalue weighted by Gasteiger charge is -2.15.